The van der Waals surface area contributed by atoms with E-state index in [0.29, 0.717) is 5.92 Å². The zero-order valence-electron chi connectivity index (χ0n) is 12.6. The highest BCUT2D eigenvalue weighted by Crippen LogP contribution is 2.25. The van der Waals surface area contributed by atoms with Gasteiger partial charge < -0.3 is 5.32 Å². The van der Waals surface area contributed by atoms with E-state index in [1.807, 2.05) is 20.0 Å². The minimum atomic E-state index is -0.181. The molecule has 0 radical (unpaired) electrons. The zero-order chi connectivity index (χ0) is 14.7. The molecule has 0 aliphatic carbocycles. The Morgan fingerprint density at radius 1 is 0.900 bits per heavy atom. The van der Waals surface area contributed by atoms with Crippen LogP contribution in [0.5, 0.6) is 0 Å². The maximum absolute atomic E-state index is 13.6. The van der Waals surface area contributed by atoms with Gasteiger partial charge >= 0.3 is 0 Å². The normalized spacial score (nSPS) is 12.7. The summed E-state index contributed by atoms with van der Waals surface area (Å²) in [4.78, 5) is 0. The van der Waals surface area contributed by atoms with Crippen LogP contribution in [0.15, 0.2) is 42.5 Å². The molecule has 2 aromatic carbocycles. The Morgan fingerprint density at radius 3 is 2.00 bits per heavy atom. The van der Waals surface area contributed by atoms with E-state index < -0.39 is 0 Å². The van der Waals surface area contributed by atoms with Crippen molar-refractivity contribution >= 4 is 0 Å². The van der Waals surface area contributed by atoms with Crippen LogP contribution in [-0.4, -0.2) is 7.05 Å². The van der Waals surface area contributed by atoms with Gasteiger partial charge in [-0.15, -0.1) is 0 Å². The summed E-state index contributed by atoms with van der Waals surface area (Å²) in [6.07, 6.45) is 0. The Labute approximate surface area is 120 Å². The molecule has 2 aromatic rings. The van der Waals surface area contributed by atoms with Gasteiger partial charge in [-0.25, -0.2) is 4.39 Å². The molecule has 0 saturated carbocycles. The van der Waals surface area contributed by atoms with Crippen LogP contribution in [-0.2, 0) is 0 Å². The fourth-order valence-electron chi connectivity index (χ4n) is 2.53. The van der Waals surface area contributed by atoms with Gasteiger partial charge in [-0.05, 0) is 54.3 Å². The Hall–Kier alpha value is -1.67. The van der Waals surface area contributed by atoms with Crippen LogP contribution in [0.3, 0.4) is 0 Å². The maximum Gasteiger partial charge on any atom is 0.123 e. The van der Waals surface area contributed by atoms with Gasteiger partial charge in [0, 0.05) is 0 Å². The first-order valence-electron chi connectivity index (χ1n) is 7.05. The number of nitrogens with one attached hydrogen (secondary N) is 1. The SMILES string of the molecule is CNC(c1ccc(C(C)C)cc1)c1cc(C)cc(F)c1. The van der Waals surface area contributed by atoms with Crippen molar-refractivity contribution in [2.24, 2.45) is 0 Å². The lowest BCUT2D eigenvalue weighted by Crippen LogP contribution is -2.18. The van der Waals surface area contributed by atoms with Crippen LogP contribution in [0, 0.1) is 12.7 Å². The molecule has 0 bridgehead atoms. The second kappa shape index (κ2) is 6.19. The average Bonchev–Trinajstić information content (AvgIpc) is 2.39. The van der Waals surface area contributed by atoms with Crippen LogP contribution in [0.4, 0.5) is 4.39 Å². The molecule has 0 saturated heterocycles. The van der Waals surface area contributed by atoms with Gasteiger partial charge in [0.1, 0.15) is 5.82 Å². The average molecular weight is 271 g/mol. The first-order valence-corrected chi connectivity index (χ1v) is 7.05. The molecule has 106 valence electrons. The van der Waals surface area contributed by atoms with E-state index in [4.69, 9.17) is 0 Å². The summed E-state index contributed by atoms with van der Waals surface area (Å²) < 4.78 is 13.6. The van der Waals surface area contributed by atoms with E-state index in [1.54, 1.807) is 12.1 Å². The summed E-state index contributed by atoms with van der Waals surface area (Å²) in [5.74, 6) is 0.340. The predicted octanol–water partition coefficient (Wildman–Crippen LogP) is 4.57. The molecule has 0 aliphatic heterocycles. The van der Waals surface area contributed by atoms with Crippen LogP contribution < -0.4 is 5.32 Å². The monoisotopic (exact) mass is 271 g/mol. The second-order valence-electron chi connectivity index (χ2n) is 5.60. The third-order valence-corrected chi connectivity index (χ3v) is 3.62. The standard InChI is InChI=1S/C18H22FN/c1-12(2)14-5-7-15(8-6-14)18(20-4)16-9-13(3)10-17(19)11-16/h5-12,18,20H,1-4H3. The summed E-state index contributed by atoms with van der Waals surface area (Å²) >= 11 is 0. The van der Waals surface area contributed by atoms with E-state index in [2.05, 4.69) is 43.4 Å². The van der Waals surface area contributed by atoms with Gasteiger partial charge in [-0.3, -0.25) is 0 Å². The molecular formula is C18H22FN. The van der Waals surface area contributed by atoms with Gasteiger partial charge in [-0.2, -0.15) is 0 Å². The minimum Gasteiger partial charge on any atom is -0.309 e. The van der Waals surface area contributed by atoms with E-state index >= 15 is 0 Å². The number of hydrogen-bond donors (Lipinski definition) is 1. The molecule has 2 heteroatoms. The molecule has 0 spiro atoms. The fraction of sp³-hybridized carbons (Fsp3) is 0.333. The number of hydrogen-bond acceptors (Lipinski definition) is 1. The first kappa shape index (κ1) is 14.7. The Bertz CT molecular complexity index is 552. The van der Waals surface area contributed by atoms with Crippen molar-refractivity contribution in [3.05, 3.63) is 70.5 Å². The first-order chi connectivity index (χ1) is 9.51. The smallest absolute Gasteiger partial charge is 0.123 e. The highest BCUT2D eigenvalue weighted by Gasteiger charge is 2.13. The number of rotatable bonds is 4. The summed E-state index contributed by atoms with van der Waals surface area (Å²) in [7, 11) is 1.90. The van der Waals surface area contributed by atoms with Gasteiger partial charge in [0.25, 0.3) is 0 Å². The number of aryl methyl sites for hydroxylation is 1. The molecule has 2 rings (SSSR count). The molecule has 1 unspecified atom stereocenters. The Morgan fingerprint density at radius 2 is 1.50 bits per heavy atom. The molecule has 0 amide bonds. The van der Waals surface area contributed by atoms with Gasteiger partial charge in [-0.1, -0.05) is 44.2 Å². The molecule has 0 heterocycles. The van der Waals surface area contributed by atoms with Crippen molar-refractivity contribution in [1.29, 1.82) is 0 Å². The van der Waals surface area contributed by atoms with Crippen molar-refractivity contribution in [2.45, 2.75) is 32.7 Å². The van der Waals surface area contributed by atoms with Crippen molar-refractivity contribution in [3.63, 3.8) is 0 Å². The van der Waals surface area contributed by atoms with Crippen LogP contribution >= 0.6 is 0 Å². The summed E-state index contributed by atoms with van der Waals surface area (Å²) in [6.45, 7) is 6.28. The maximum atomic E-state index is 13.6. The van der Waals surface area contributed by atoms with Crippen molar-refractivity contribution in [1.82, 2.24) is 5.32 Å². The molecular weight excluding hydrogens is 249 g/mol. The van der Waals surface area contributed by atoms with E-state index in [9.17, 15) is 4.39 Å². The summed E-state index contributed by atoms with van der Waals surface area (Å²) in [5, 5.41) is 3.27. The summed E-state index contributed by atoms with van der Waals surface area (Å²) in [5.41, 5.74) is 4.38. The fourth-order valence-corrected chi connectivity index (χ4v) is 2.53. The Balaban J connectivity index is 2.36. The zero-order valence-corrected chi connectivity index (χ0v) is 12.6. The molecule has 0 fully saturated rings. The molecule has 1 atom stereocenters. The van der Waals surface area contributed by atoms with Gasteiger partial charge in [0.15, 0.2) is 0 Å². The molecule has 0 aromatic heterocycles. The Kier molecular flexibility index (Phi) is 4.56. The molecule has 20 heavy (non-hydrogen) atoms. The largest absolute Gasteiger partial charge is 0.309 e. The van der Waals surface area contributed by atoms with Gasteiger partial charge in [0.05, 0.1) is 6.04 Å². The predicted molar refractivity (Wildman–Crippen MR) is 82.6 cm³/mol. The highest BCUT2D eigenvalue weighted by molar-refractivity contribution is 5.36. The topological polar surface area (TPSA) is 12.0 Å². The quantitative estimate of drug-likeness (QED) is 0.859. The minimum absolute atomic E-state index is 0.0191. The van der Waals surface area contributed by atoms with Crippen molar-refractivity contribution in [3.8, 4) is 0 Å². The third kappa shape index (κ3) is 3.26. The highest BCUT2D eigenvalue weighted by atomic mass is 19.1. The lowest BCUT2D eigenvalue weighted by molar-refractivity contribution is 0.615. The van der Waals surface area contributed by atoms with E-state index in [1.165, 1.54) is 5.56 Å². The second-order valence-corrected chi connectivity index (χ2v) is 5.60. The number of benzene rings is 2. The van der Waals surface area contributed by atoms with Crippen LogP contribution in [0.2, 0.25) is 0 Å². The van der Waals surface area contributed by atoms with Crippen molar-refractivity contribution < 1.29 is 4.39 Å². The van der Waals surface area contributed by atoms with E-state index in [0.717, 1.165) is 16.7 Å². The summed E-state index contributed by atoms with van der Waals surface area (Å²) in [6, 6.07) is 13.7. The lowest BCUT2D eigenvalue weighted by atomic mass is 9.94. The van der Waals surface area contributed by atoms with Crippen LogP contribution in [0.25, 0.3) is 0 Å². The molecule has 1 nitrogen and oxygen atoms in total. The van der Waals surface area contributed by atoms with Crippen LogP contribution in [0.1, 0.15) is 48.1 Å². The molecule has 0 aliphatic rings. The van der Waals surface area contributed by atoms with Gasteiger partial charge in [0.2, 0.25) is 0 Å². The van der Waals surface area contributed by atoms with E-state index in [-0.39, 0.29) is 11.9 Å². The lowest BCUT2D eigenvalue weighted by Gasteiger charge is -2.19. The number of halogens is 1. The molecule has 1 N–H and O–H groups in total. The third-order valence-electron chi connectivity index (χ3n) is 3.62. The van der Waals surface area contributed by atoms with Crippen molar-refractivity contribution in [2.75, 3.05) is 7.05 Å².